The van der Waals surface area contributed by atoms with Crippen molar-refractivity contribution in [2.24, 2.45) is 5.92 Å². The van der Waals surface area contributed by atoms with Gasteiger partial charge in [-0.05, 0) is 63.8 Å². The van der Waals surface area contributed by atoms with Gasteiger partial charge < -0.3 is 19.5 Å². The topological polar surface area (TPSA) is 84.7 Å². The van der Waals surface area contributed by atoms with Crippen LogP contribution in [0.2, 0.25) is 0 Å². The van der Waals surface area contributed by atoms with E-state index in [1.807, 2.05) is 18.7 Å². The van der Waals surface area contributed by atoms with Gasteiger partial charge in [-0.25, -0.2) is 0 Å². The number of carbonyl (C=O) groups excluding carboxylic acids is 2. The first kappa shape index (κ1) is 22.4. The molecular formula is C25H33N3O4. The highest BCUT2D eigenvalue weighted by molar-refractivity contribution is 5.94. The molecule has 172 valence electrons. The SMILES string of the molecule is Cc1noc(C)c1COc1ccc(C(=O)NC2CCN(C(=O)C3CCCCC3)CC2)cc1. The predicted molar refractivity (Wildman–Crippen MR) is 120 cm³/mol. The number of aromatic nitrogens is 1. The minimum Gasteiger partial charge on any atom is -0.489 e. The molecule has 7 nitrogen and oxygen atoms in total. The van der Waals surface area contributed by atoms with E-state index in [9.17, 15) is 9.59 Å². The highest BCUT2D eigenvalue weighted by atomic mass is 16.5. The van der Waals surface area contributed by atoms with Gasteiger partial charge in [-0.1, -0.05) is 24.4 Å². The van der Waals surface area contributed by atoms with E-state index in [-0.39, 0.29) is 17.9 Å². The van der Waals surface area contributed by atoms with Crippen LogP contribution >= 0.6 is 0 Å². The molecule has 1 N–H and O–H groups in total. The molecule has 2 fully saturated rings. The summed E-state index contributed by atoms with van der Waals surface area (Å²) in [6, 6.07) is 7.27. The monoisotopic (exact) mass is 439 g/mol. The van der Waals surface area contributed by atoms with Gasteiger partial charge in [0.2, 0.25) is 5.91 Å². The minimum atomic E-state index is -0.0840. The summed E-state index contributed by atoms with van der Waals surface area (Å²) in [6.45, 7) is 5.59. The number of hydrogen-bond acceptors (Lipinski definition) is 5. The van der Waals surface area contributed by atoms with Gasteiger partial charge in [0.25, 0.3) is 5.91 Å². The number of carbonyl (C=O) groups is 2. The fourth-order valence-electron chi connectivity index (χ4n) is 4.69. The summed E-state index contributed by atoms with van der Waals surface area (Å²) >= 11 is 0. The fourth-order valence-corrected chi connectivity index (χ4v) is 4.69. The molecule has 1 aromatic carbocycles. The zero-order valence-corrected chi connectivity index (χ0v) is 19.1. The van der Waals surface area contributed by atoms with Gasteiger partial charge in [0, 0.05) is 30.6 Å². The molecule has 7 heteroatoms. The molecule has 1 aliphatic carbocycles. The summed E-state index contributed by atoms with van der Waals surface area (Å²) in [4.78, 5) is 27.4. The largest absolute Gasteiger partial charge is 0.489 e. The van der Waals surface area contributed by atoms with E-state index in [0.29, 0.717) is 23.8 Å². The Bertz CT molecular complexity index is 904. The molecule has 1 saturated carbocycles. The van der Waals surface area contributed by atoms with Crippen molar-refractivity contribution in [1.82, 2.24) is 15.4 Å². The normalized spacial score (nSPS) is 17.9. The van der Waals surface area contributed by atoms with Crippen LogP contribution in [0.1, 0.15) is 72.3 Å². The molecule has 2 heterocycles. The predicted octanol–water partition coefficient (Wildman–Crippen LogP) is 4.17. The smallest absolute Gasteiger partial charge is 0.251 e. The standard InChI is InChI=1S/C25H33N3O4/c1-17-23(18(2)32-27-17)16-31-22-10-8-19(9-11-22)24(29)26-21-12-14-28(15-13-21)25(30)20-6-4-3-5-7-20/h8-11,20-21H,3-7,12-16H2,1-2H3,(H,26,29). The van der Waals surface area contributed by atoms with Crippen LogP contribution in [-0.2, 0) is 11.4 Å². The molecule has 2 amide bonds. The highest BCUT2D eigenvalue weighted by Gasteiger charge is 2.29. The van der Waals surface area contributed by atoms with Crippen molar-refractivity contribution in [3.8, 4) is 5.75 Å². The molecule has 0 atom stereocenters. The van der Waals surface area contributed by atoms with Crippen LogP contribution in [0.3, 0.4) is 0 Å². The second-order valence-corrected chi connectivity index (χ2v) is 9.02. The summed E-state index contributed by atoms with van der Waals surface area (Å²) in [5.74, 6) is 1.90. The summed E-state index contributed by atoms with van der Waals surface area (Å²) < 4.78 is 11.0. The van der Waals surface area contributed by atoms with Crippen molar-refractivity contribution in [3.05, 3.63) is 46.8 Å². The highest BCUT2D eigenvalue weighted by Crippen LogP contribution is 2.26. The van der Waals surface area contributed by atoms with Gasteiger partial charge in [-0.15, -0.1) is 0 Å². The number of amides is 2. The first-order valence-electron chi connectivity index (χ1n) is 11.8. The molecule has 0 spiro atoms. The summed E-state index contributed by atoms with van der Waals surface area (Å²) in [5, 5.41) is 7.05. The Labute approximate surface area is 189 Å². The maximum atomic E-state index is 12.7. The number of aryl methyl sites for hydroxylation is 2. The number of hydrogen-bond donors (Lipinski definition) is 1. The Morgan fingerprint density at radius 3 is 2.38 bits per heavy atom. The minimum absolute atomic E-state index is 0.0840. The molecule has 4 rings (SSSR count). The number of ether oxygens (including phenoxy) is 1. The van der Waals surface area contributed by atoms with Crippen LogP contribution in [0, 0.1) is 19.8 Å². The first-order chi connectivity index (χ1) is 15.5. The van der Waals surface area contributed by atoms with E-state index in [1.54, 1.807) is 24.3 Å². The number of likely N-dealkylation sites (tertiary alicyclic amines) is 1. The average Bonchev–Trinajstić information content (AvgIpc) is 3.15. The molecule has 2 aromatic rings. The lowest BCUT2D eigenvalue weighted by Gasteiger charge is -2.35. The Morgan fingerprint density at radius 1 is 1.06 bits per heavy atom. The molecule has 2 aliphatic rings. The number of piperidine rings is 1. The van der Waals surface area contributed by atoms with E-state index >= 15 is 0 Å². The molecule has 0 unspecified atom stereocenters. The lowest BCUT2D eigenvalue weighted by Crippen LogP contribution is -2.48. The average molecular weight is 440 g/mol. The zero-order chi connectivity index (χ0) is 22.5. The maximum Gasteiger partial charge on any atom is 0.251 e. The van der Waals surface area contributed by atoms with Gasteiger partial charge in [0.15, 0.2) is 0 Å². The van der Waals surface area contributed by atoms with Crippen molar-refractivity contribution in [2.45, 2.75) is 71.4 Å². The van der Waals surface area contributed by atoms with Gasteiger partial charge in [0.05, 0.1) is 11.3 Å². The molecule has 0 radical (unpaired) electrons. The van der Waals surface area contributed by atoms with Gasteiger partial charge in [0.1, 0.15) is 18.1 Å². The van der Waals surface area contributed by atoms with E-state index in [4.69, 9.17) is 9.26 Å². The van der Waals surface area contributed by atoms with Crippen LogP contribution in [-0.4, -0.2) is 41.0 Å². The van der Waals surface area contributed by atoms with Gasteiger partial charge in [-0.2, -0.15) is 0 Å². The Balaban J connectivity index is 1.23. The Morgan fingerprint density at radius 2 is 1.75 bits per heavy atom. The van der Waals surface area contributed by atoms with Crippen molar-refractivity contribution < 1.29 is 18.8 Å². The number of benzene rings is 1. The summed E-state index contributed by atoms with van der Waals surface area (Å²) in [7, 11) is 0. The van der Waals surface area contributed by atoms with Crippen LogP contribution in [0.4, 0.5) is 0 Å². The van der Waals surface area contributed by atoms with E-state index in [2.05, 4.69) is 10.5 Å². The van der Waals surface area contributed by atoms with Gasteiger partial charge in [-0.3, -0.25) is 9.59 Å². The second kappa shape index (κ2) is 10.2. The third-order valence-electron chi connectivity index (χ3n) is 6.78. The van der Waals surface area contributed by atoms with Crippen LogP contribution in [0.15, 0.2) is 28.8 Å². The summed E-state index contributed by atoms with van der Waals surface area (Å²) in [6.07, 6.45) is 7.29. The van der Waals surface area contributed by atoms with E-state index in [1.165, 1.54) is 19.3 Å². The number of nitrogens with zero attached hydrogens (tertiary/aromatic N) is 2. The number of nitrogens with one attached hydrogen (secondary N) is 1. The van der Waals surface area contributed by atoms with Crippen LogP contribution < -0.4 is 10.1 Å². The van der Waals surface area contributed by atoms with Crippen molar-refractivity contribution in [1.29, 1.82) is 0 Å². The van der Waals surface area contributed by atoms with E-state index < -0.39 is 0 Å². The van der Waals surface area contributed by atoms with Crippen molar-refractivity contribution in [2.75, 3.05) is 13.1 Å². The van der Waals surface area contributed by atoms with Crippen molar-refractivity contribution in [3.63, 3.8) is 0 Å². The summed E-state index contributed by atoms with van der Waals surface area (Å²) in [5.41, 5.74) is 2.38. The lowest BCUT2D eigenvalue weighted by molar-refractivity contribution is -0.137. The first-order valence-corrected chi connectivity index (χ1v) is 11.8. The lowest BCUT2D eigenvalue weighted by atomic mass is 9.87. The van der Waals surface area contributed by atoms with Crippen molar-refractivity contribution >= 4 is 11.8 Å². The molecule has 32 heavy (non-hydrogen) atoms. The molecular weight excluding hydrogens is 406 g/mol. The van der Waals surface area contributed by atoms with Gasteiger partial charge >= 0.3 is 0 Å². The Hall–Kier alpha value is -2.83. The van der Waals surface area contributed by atoms with Crippen LogP contribution in [0.25, 0.3) is 0 Å². The molecule has 1 aromatic heterocycles. The fraction of sp³-hybridized carbons (Fsp3) is 0.560. The third-order valence-corrected chi connectivity index (χ3v) is 6.78. The zero-order valence-electron chi connectivity index (χ0n) is 19.1. The third kappa shape index (κ3) is 5.31. The molecule has 1 aliphatic heterocycles. The van der Waals surface area contributed by atoms with Crippen LogP contribution in [0.5, 0.6) is 5.75 Å². The molecule has 1 saturated heterocycles. The Kier molecular flexibility index (Phi) is 7.12. The molecule has 0 bridgehead atoms. The maximum absolute atomic E-state index is 12.7. The van der Waals surface area contributed by atoms with E-state index in [0.717, 1.165) is 55.8 Å². The second-order valence-electron chi connectivity index (χ2n) is 9.02. The number of rotatable bonds is 6. The quantitative estimate of drug-likeness (QED) is 0.730.